The highest BCUT2D eigenvalue weighted by molar-refractivity contribution is 8.00. The summed E-state index contributed by atoms with van der Waals surface area (Å²) in [5.74, 6) is -0.967. The van der Waals surface area contributed by atoms with Crippen LogP contribution in [0.2, 0.25) is 0 Å². The third kappa shape index (κ3) is 5.90. The molecule has 6 nitrogen and oxygen atoms in total. The minimum atomic E-state index is -1.07. The van der Waals surface area contributed by atoms with E-state index in [2.05, 4.69) is 5.32 Å². The van der Waals surface area contributed by atoms with Crippen LogP contribution in [0, 0.1) is 0 Å². The first-order valence-electron chi connectivity index (χ1n) is 5.93. The average molecular weight is 274 g/mol. The van der Waals surface area contributed by atoms with Gasteiger partial charge in [0, 0.05) is 13.1 Å². The van der Waals surface area contributed by atoms with Gasteiger partial charge in [-0.1, -0.05) is 0 Å². The molecule has 1 aliphatic heterocycles. The van der Waals surface area contributed by atoms with Gasteiger partial charge in [0.1, 0.15) is 6.54 Å². The lowest BCUT2D eigenvalue weighted by molar-refractivity contribution is -0.137. The zero-order valence-electron chi connectivity index (χ0n) is 10.2. The molecule has 18 heavy (non-hydrogen) atoms. The minimum Gasteiger partial charge on any atom is -0.480 e. The molecule has 1 aliphatic rings. The van der Waals surface area contributed by atoms with E-state index < -0.39 is 5.97 Å². The number of thioether (sulfide) groups is 1. The smallest absolute Gasteiger partial charge is 0.322 e. The van der Waals surface area contributed by atoms with Gasteiger partial charge in [-0.2, -0.15) is 0 Å². The summed E-state index contributed by atoms with van der Waals surface area (Å²) in [4.78, 5) is 34.9. The van der Waals surface area contributed by atoms with Crippen LogP contribution in [0.5, 0.6) is 0 Å². The summed E-state index contributed by atoms with van der Waals surface area (Å²) in [6.45, 7) is 1.24. The molecule has 0 atom stereocenters. The molecule has 1 fully saturated rings. The van der Waals surface area contributed by atoms with Crippen LogP contribution in [0.15, 0.2) is 0 Å². The monoisotopic (exact) mass is 274 g/mol. The van der Waals surface area contributed by atoms with Gasteiger partial charge >= 0.3 is 5.97 Å². The van der Waals surface area contributed by atoms with Crippen LogP contribution in [0.25, 0.3) is 0 Å². The Balaban J connectivity index is 2.10. The van der Waals surface area contributed by atoms with Crippen molar-refractivity contribution in [1.82, 2.24) is 10.2 Å². The number of carbonyl (C=O) groups is 3. The highest BCUT2D eigenvalue weighted by Gasteiger charge is 2.16. The maximum absolute atomic E-state index is 11.7. The number of nitrogens with one attached hydrogen (secondary N) is 1. The number of carboxylic acids is 1. The maximum atomic E-state index is 11.7. The predicted octanol–water partition coefficient (Wildman–Crippen LogP) is -0.0671. The lowest BCUT2D eigenvalue weighted by Crippen LogP contribution is -2.37. The standard InChI is InChI=1S/C11H18N2O4S/c14-9(12-6-11(16)17)7-18-8-10(15)13-4-2-1-3-5-13/h1-8H2,(H,12,14)(H,16,17). The van der Waals surface area contributed by atoms with Gasteiger partial charge in [0.2, 0.25) is 11.8 Å². The van der Waals surface area contributed by atoms with Crippen LogP contribution in [0.4, 0.5) is 0 Å². The van der Waals surface area contributed by atoms with Gasteiger partial charge in [-0.25, -0.2) is 0 Å². The molecular formula is C11H18N2O4S. The van der Waals surface area contributed by atoms with Crippen molar-refractivity contribution in [3.05, 3.63) is 0 Å². The van der Waals surface area contributed by atoms with E-state index in [1.807, 2.05) is 4.90 Å². The molecule has 0 radical (unpaired) electrons. The predicted molar refractivity (Wildman–Crippen MR) is 68.4 cm³/mol. The summed E-state index contributed by atoms with van der Waals surface area (Å²) in [6, 6.07) is 0. The second kappa shape index (κ2) is 7.97. The SMILES string of the molecule is O=C(O)CNC(=O)CSCC(=O)N1CCCCC1. The van der Waals surface area contributed by atoms with E-state index in [0.717, 1.165) is 25.9 Å². The van der Waals surface area contributed by atoms with E-state index in [0.29, 0.717) is 0 Å². The van der Waals surface area contributed by atoms with Gasteiger partial charge in [-0.15, -0.1) is 11.8 Å². The Morgan fingerprint density at radius 3 is 2.39 bits per heavy atom. The first-order chi connectivity index (χ1) is 8.59. The molecule has 0 aromatic heterocycles. The maximum Gasteiger partial charge on any atom is 0.322 e. The summed E-state index contributed by atoms with van der Waals surface area (Å²) in [6.07, 6.45) is 3.28. The Morgan fingerprint density at radius 2 is 1.78 bits per heavy atom. The summed E-state index contributed by atoms with van der Waals surface area (Å²) in [7, 11) is 0. The second-order valence-corrected chi connectivity index (χ2v) is 5.09. The van der Waals surface area contributed by atoms with Crippen molar-refractivity contribution >= 4 is 29.5 Å². The fourth-order valence-corrected chi connectivity index (χ4v) is 2.44. The minimum absolute atomic E-state index is 0.0609. The number of amides is 2. The number of hydrogen-bond acceptors (Lipinski definition) is 4. The van der Waals surface area contributed by atoms with Crippen LogP contribution in [-0.2, 0) is 14.4 Å². The van der Waals surface area contributed by atoms with Gasteiger partial charge < -0.3 is 15.3 Å². The molecule has 7 heteroatoms. The van der Waals surface area contributed by atoms with E-state index >= 15 is 0 Å². The molecule has 0 bridgehead atoms. The Bertz CT molecular complexity index is 316. The van der Waals surface area contributed by atoms with Crippen LogP contribution in [-0.4, -0.2) is 58.9 Å². The number of carbonyl (C=O) groups excluding carboxylic acids is 2. The van der Waals surface area contributed by atoms with E-state index in [1.165, 1.54) is 18.2 Å². The van der Waals surface area contributed by atoms with Crippen molar-refractivity contribution in [1.29, 1.82) is 0 Å². The number of hydrogen-bond donors (Lipinski definition) is 2. The van der Waals surface area contributed by atoms with Crippen LogP contribution in [0.1, 0.15) is 19.3 Å². The van der Waals surface area contributed by atoms with Gasteiger partial charge in [0.05, 0.1) is 11.5 Å². The van der Waals surface area contributed by atoms with E-state index in [9.17, 15) is 14.4 Å². The molecule has 2 amide bonds. The summed E-state index contributed by atoms with van der Waals surface area (Å²) >= 11 is 1.22. The van der Waals surface area contributed by atoms with Crippen LogP contribution >= 0.6 is 11.8 Å². The van der Waals surface area contributed by atoms with Gasteiger partial charge in [-0.05, 0) is 19.3 Å². The summed E-state index contributed by atoms with van der Waals surface area (Å²) in [5.41, 5.74) is 0. The molecule has 0 aromatic carbocycles. The number of aliphatic carboxylic acids is 1. The molecule has 1 heterocycles. The average Bonchev–Trinajstić information content (AvgIpc) is 2.37. The highest BCUT2D eigenvalue weighted by atomic mass is 32.2. The molecule has 0 spiro atoms. The van der Waals surface area contributed by atoms with Crippen molar-refractivity contribution in [2.75, 3.05) is 31.1 Å². The van der Waals surface area contributed by atoms with E-state index in [-0.39, 0.29) is 29.9 Å². The van der Waals surface area contributed by atoms with Crippen molar-refractivity contribution in [3.63, 3.8) is 0 Å². The number of nitrogens with zero attached hydrogens (tertiary/aromatic N) is 1. The summed E-state index contributed by atoms with van der Waals surface area (Å²) in [5, 5.41) is 10.6. The normalized spacial score (nSPS) is 15.2. The molecule has 0 aromatic rings. The number of carboxylic acid groups (broad SMARTS) is 1. The van der Waals surface area contributed by atoms with Crippen LogP contribution < -0.4 is 5.32 Å². The van der Waals surface area contributed by atoms with Crippen molar-refractivity contribution in [2.24, 2.45) is 0 Å². The Labute approximate surface area is 110 Å². The molecule has 0 unspecified atom stereocenters. The molecule has 0 saturated carbocycles. The van der Waals surface area contributed by atoms with Gasteiger partial charge in [0.15, 0.2) is 0 Å². The molecule has 1 saturated heterocycles. The Hall–Kier alpha value is -1.24. The zero-order valence-corrected chi connectivity index (χ0v) is 11.0. The van der Waals surface area contributed by atoms with Gasteiger partial charge in [-0.3, -0.25) is 14.4 Å². The third-order valence-electron chi connectivity index (χ3n) is 2.60. The molecule has 0 aliphatic carbocycles. The van der Waals surface area contributed by atoms with E-state index in [4.69, 9.17) is 5.11 Å². The second-order valence-electron chi connectivity index (χ2n) is 4.10. The quantitative estimate of drug-likeness (QED) is 0.708. The Kier molecular flexibility index (Phi) is 6.56. The molecular weight excluding hydrogens is 256 g/mol. The number of piperidine rings is 1. The first kappa shape index (κ1) is 14.8. The van der Waals surface area contributed by atoms with Gasteiger partial charge in [0.25, 0.3) is 0 Å². The fraction of sp³-hybridized carbons (Fsp3) is 0.727. The summed E-state index contributed by atoms with van der Waals surface area (Å²) < 4.78 is 0. The highest BCUT2D eigenvalue weighted by Crippen LogP contribution is 2.11. The van der Waals surface area contributed by atoms with Crippen molar-refractivity contribution in [2.45, 2.75) is 19.3 Å². The lowest BCUT2D eigenvalue weighted by atomic mass is 10.1. The topological polar surface area (TPSA) is 86.7 Å². The molecule has 1 rings (SSSR count). The number of likely N-dealkylation sites (tertiary alicyclic amines) is 1. The molecule has 102 valence electrons. The van der Waals surface area contributed by atoms with Crippen molar-refractivity contribution in [3.8, 4) is 0 Å². The number of rotatable bonds is 6. The van der Waals surface area contributed by atoms with Crippen molar-refractivity contribution < 1.29 is 19.5 Å². The lowest BCUT2D eigenvalue weighted by Gasteiger charge is -2.26. The Morgan fingerprint density at radius 1 is 1.11 bits per heavy atom. The largest absolute Gasteiger partial charge is 0.480 e. The zero-order chi connectivity index (χ0) is 13.4. The van der Waals surface area contributed by atoms with E-state index in [1.54, 1.807) is 0 Å². The van der Waals surface area contributed by atoms with Crippen LogP contribution in [0.3, 0.4) is 0 Å². The molecule has 2 N–H and O–H groups in total. The first-order valence-corrected chi connectivity index (χ1v) is 7.09. The fourth-order valence-electron chi connectivity index (χ4n) is 1.69. The third-order valence-corrected chi connectivity index (χ3v) is 3.52.